The van der Waals surface area contributed by atoms with Gasteiger partial charge < -0.3 is 5.73 Å². The first kappa shape index (κ1) is 8.87. The molecule has 0 atom stereocenters. The van der Waals surface area contributed by atoms with E-state index in [-0.39, 0.29) is 0 Å². The molecule has 0 spiro atoms. The van der Waals surface area contributed by atoms with Gasteiger partial charge in [0.05, 0.1) is 0 Å². The molecule has 3 heteroatoms. The molecule has 1 heterocycles. The SMILES string of the molecule is NCCC=Cc1ccnc(F)c1. The minimum absolute atomic E-state index is 0.454. The van der Waals surface area contributed by atoms with Crippen molar-refractivity contribution in [3.05, 3.63) is 35.9 Å². The van der Waals surface area contributed by atoms with E-state index in [2.05, 4.69) is 4.98 Å². The summed E-state index contributed by atoms with van der Waals surface area (Å²) < 4.78 is 12.5. The standard InChI is InChI=1S/C9H11FN2/c10-9-7-8(4-6-12-9)3-1-2-5-11/h1,3-4,6-7H,2,5,11H2. The van der Waals surface area contributed by atoms with E-state index in [9.17, 15) is 4.39 Å². The van der Waals surface area contributed by atoms with Gasteiger partial charge in [-0.2, -0.15) is 4.39 Å². The molecular formula is C9H11FN2. The summed E-state index contributed by atoms with van der Waals surface area (Å²) >= 11 is 0. The fourth-order valence-electron chi connectivity index (χ4n) is 0.837. The van der Waals surface area contributed by atoms with Gasteiger partial charge in [-0.3, -0.25) is 0 Å². The summed E-state index contributed by atoms with van der Waals surface area (Å²) in [6.07, 6.45) is 5.99. The number of nitrogens with zero attached hydrogens (tertiary/aromatic N) is 1. The maximum atomic E-state index is 12.5. The predicted octanol–water partition coefficient (Wildman–Crippen LogP) is 1.58. The average molecular weight is 166 g/mol. The van der Waals surface area contributed by atoms with Crippen molar-refractivity contribution in [1.82, 2.24) is 4.98 Å². The molecule has 0 aliphatic carbocycles. The number of hydrogen-bond donors (Lipinski definition) is 1. The molecule has 2 N–H and O–H groups in total. The summed E-state index contributed by atoms with van der Waals surface area (Å²) in [4.78, 5) is 3.44. The van der Waals surface area contributed by atoms with E-state index in [0.29, 0.717) is 6.54 Å². The third-order valence-electron chi connectivity index (χ3n) is 1.39. The summed E-state index contributed by atoms with van der Waals surface area (Å²) in [5.74, 6) is -0.454. The molecular weight excluding hydrogens is 155 g/mol. The zero-order valence-electron chi connectivity index (χ0n) is 6.70. The van der Waals surface area contributed by atoms with Gasteiger partial charge in [0.2, 0.25) is 5.95 Å². The van der Waals surface area contributed by atoms with Crippen LogP contribution in [0.2, 0.25) is 0 Å². The quantitative estimate of drug-likeness (QED) is 0.692. The Bertz CT molecular complexity index is 271. The molecule has 12 heavy (non-hydrogen) atoms. The molecule has 0 saturated heterocycles. The molecule has 1 rings (SSSR count). The zero-order valence-corrected chi connectivity index (χ0v) is 6.70. The van der Waals surface area contributed by atoms with Crippen LogP contribution in [0.4, 0.5) is 4.39 Å². The first-order chi connectivity index (χ1) is 5.83. The minimum Gasteiger partial charge on any atom is -0.330 e. The molecule has 1 aromatic rings. The van der Waals surface area contributed by atoms with Crippen molar-refractivity contribution in [1.29, 1.82) is 0 Å². The molecule has 0 fully saturated rings. The molecule has 64 valence electrons. The smallest absolute Gasteiger partial charge is 0.213 e. The average Bonchev–Trinajstić information content (AvgIpc) is 2.05. The van der Waals surface area contributed by atoms with Crippen LogP contribution in [0, 0.1) is 5.95 Å². The highest BCUT2D eigenvalue weighted by atomic mass is 19.1. The van der Waals surface area contributed by atoms with Crippen molar-refractivity contribution in [2.45, 2.75) is 6.42 Å². The second-order valence-electron chi connectivity index (χ2n) is 2.39. The lowest BCUT2D eigenvalue weighted by Crippen LogP contribution is -1.94. The zero-order chi connectivity index (χ0) is 8.81. The largest absolute Gasteiger partial charge is 0.330 e. The Labute approximate surface area is 70.9 Å². The van der Waals surface area contributed by atoms with E-state index < -0.39 is 5.95 Å². The van der Waals surface area contributed by atoms with Crippen molar-refractivity contribution in [3.63, 3.8) is 0 Å². The molecule has 0 amide bonds. The second kappa shape index (κ2) is 4.62. The van der Waals surface area contributed by atoms with Crippen molar-refractivity contribution < 1.29 is 4.39 Å². The summed E-state index contributed by atoms with van der Waals surface area (Å²) in [6.45, 7) is 0.615. The number of pyridine rings is 1. The maximum Gasteiger partial charge on any atom is 0.213 e. The topological polar surface area (TPSA) is 38.9 Å². The van der Waals surface area contributed by atoms with Crippen LogP contribution >= 0.6 is 0 Å². The number of nitrogens with two attached hydrogens (primary N) is 1. The summed E-state index contributed by atoms with van der Waals surface area (Å²) in [7, 11) is 0. The van der Waals surface area contributed by atoms with E-state index in [1.54, 1.807) is 6.07 Å². The fourth-order valence-corrected chi connectivity index (χ4v) is 0.837. The van der Waals surface area contributed by atoms with Gasteiger partial charge in [0.15, 0.2) is 0 Å². The lowest BCUT2D eigenvalue weighted by molar-refractivity contribution is 0.583. The molecule has 0 aliphatic heterocycles. The van der Waals surface area contributed by atoms with Crippen molar-refractivity contribution >= 4 is 6.08 Å². The molecule has 0 aromatic carbocycles. The lowest BCUT2D eigenvalue weighted by atomic mass is 10.2. The first-order valence-electron chi connectivity index (χ1n) is 3.81. The van der Waals surface area contributed by atoms with Crippen LogP contribution in [0.25, 0.3) is 6.08 Å². The van der Waals surface area contributed by atoms with E-state index in [4.69, 9.17) is 5.73 Å². The second-order valence-corrected chi connectivity index (χ2v) is 2.39. The first-order valence-corrected chi connectivity index (χ1v) is 3.81. The Kier molecular flexibility index (Phi) is 3.41. The van der Waals surface area contributed by atoms with Crippen LogP contribution in [0.3, 0.4) is 0 Å². The highest BCUT2D eigenvalue weighted by Gasteiger charge is 1.89. The fraction of sp³-hybridized carbons (Fsp3) is 0.222. The van der Waals surface area contributed by atoms with Gasteiger partial charge in [0.1, 0.15) is 0 Å². The monoisotopic (exact) mass is 166 g/mol. The number of rotatable bonds is 3. The van der Waals surface area contributed by atoms with Crippen LogP contribution in [0.1, 0.15) is 12.0 Å². The highest BCUT2D eigenvalue weighted by molar-refractivity contribution is 5.47. The van der Waals surface area contributed by atoms with Crippen molar-refractivity contribution in [2.24, 2.45) is 5.73 Å². The number of halogens is 1. The Morgan fingerprint density at radius 3 is 3.08 bits per heavy atom. The van der Waals surface area contributed by atoms with Gasteiger partial charge >= 0.3 is 0 Å². The Morgan fingerprint density at radius 2 is 2.42 bits per heavy atom. The molecule has 0 saturated carbocycles. The third-order valence-corrected chi connectivity index (χ3v) is 1.39. The van der Waals surface area contributed by atoms with E-state index in [1.165, 1.54) is 12.3 Å². The van der Waals surface area contributed by atoms with Crippen molar-refractivity contribution in [2.75, 3.05) is 6.54 Å². The Balaban J connectivity index is 2.63. The third kappa shape index (κ3) is 2.80. The van der Waals surface area contributed by atoms with Gasteiger partial charge in [0, 0.05) is 12.3 Å². The molecule has 2 nitrogen and oxygen atoms in total. The van der Waals surface area contributed by atoms with Crippen LogP contribution in [0.5, 0.6) is 0 Å². The van der Waals surface area contributed by atoms with Gasteiger partial charge in [-0.05, 0) is 24.6 Å². The summed E-state index contributed by atoms with van der Waals surface area (Å²) in [6, 6.07) is 3.13. The summed E-state index contributed by atoms with van der Waals surface area (Å²) in [5.41, 5.74) is 6.10. The molecule has 0 aliphatic rings. The van der Waals surface area contributed by atoms with Crippen LogP contribution in [0.15, 0.2) is 24.4 Å². The minimum atomic E-state index is -0.454. The van der Waals surface area contributed by atoms with Crippen LogP contribution < -0.4 is 5.73 Å². The normalized spacial score (nSPS) is 10.8. The maximum absolute atomic E-state index is 12.5. The Morgan fingerprint density at radius 1 is 1.58 bits per heavy atom. The molecule has 0 bridgehead atoms. The van der Waals surface area contributed by atoms with E-state index >= 15 is 0 Å². The number of aromatic nitrogens is 1. The van der Waals surface area contributed by atoms with Crippen LogP contribution in [-0.4, -0.2) is 11.5 Å². The van der Waals surface area contributed by atoms with Gasteiger partial charge in [-0.15, -0.1) is 0 Å². The molecule has 0 radical (unpaired) electrons. The summed E-state index contributed by atoms with van der Waals surface area (Å²) in [5, 5.41) is 0. The van der Waals surface area contributed by atoms with Crippen molar-refractivity contribution in [3.8, 4) is 0 Å². The molecule has 0 unspecified atom stereocenters. The van der Waals surface area contributed by atoms with Gasteiger partial charge in [-0.1, -0.05) is 12.2 Å². The number of hydrogen-bond acceptors (Lipinski definition) is 2. The predicted molar refractivity (Wildman–Crippen MR) is 46.9 cm³/mol. The van der Waals surface area contributed by atoms with Gasteiger partial charge in [-0.25, -0.2) is 4.98 Å². The van der Waals surface area contributed by atoms with Gasteiger partial charge in [0.25, 0.3) is 0 Å². The van der Waals surface area contributed by atoms with E-state index in [1.807, 2.05) is 12.2 Å². The molecule has 1 aromatic heterocycles. The lowest BCUT2D eigenvalue weighted by Gasteiger charge is -1.91. The Hall–Kier alpha value is -1.22. The highest BCUT2D eigenvalue weighted by Crippen LogP contribution is 2.02. The van der Waals surface area contributed by atoms with E-state index in [0.717, 1.165) is 12.0 Å². The van der Waals surface area contributed by atoms with Crippen LogP contribution in [-0.2, 0) is 0 Å².